The van der Waals surface area contributed by atoms with Crippen LogP contribution in [0.2, 0.25) is 0 Å². The second-order valence-corrected chi connectivity index (χ2v) is 22.7. The smallest absolute Gasteiger partial charge is 0.333 e. The standard InChI is InChI=1S/C57H51BN2S/c1-54(2,3)32-18-20-33(21-19-32)60-48-30-45-44(55(4,5)24-25-56(45,6)7)27-39(48)36-22-23-37-40-26-43-38(34-14-10-12-16-42(34)57(43,8)9)29-47(40)59-49-31-51-41(35-15-11-13-17-50(35)61-51)28-46(49)58(60)52(36)53(37)59/h10-23,26-31H,24-25H2,1-9H3. The molecule has 4 heterocycles. The van der Waals surface area contributed by atoms with Gasteiger partial charge < -0.3 is 9.38 Å². The van der Waals surface area contributed by atoms with E-state index in [-0.39, 0.29) is 28.5 Å². The molecule has 0 N–H and O–H groups in total. The second-order valence-electron chi connectivity index (χ2n) is 21.6. The average molecular weight is 807 g/mol. The van der Waals surface area contributed by atoms with Gasteiger partial charge in [0.15, 0.2) is 0 Å². The zero-order valence-corrected chi connectivity index (χ0v) is 37.7. The van der Waals surface area contributed by atoms with Gasteiger partial charge in [-0.3, -0.25) is 0 Å². The van der Waals surface area contributed by atoms with Gasteiger partial charge in [0.2, 0.25) is 0 Å². The molecule has 9 aromatic rings. The molecule has 2 aromatic heterocycles. The lowest BCUT2D eigenvalue weighted by Crippen LogP contribution is -2.60. The molecule has 2 aliphatic carbocycles. The molecule has 0 atom stereocenters. The minimum atomic E-state index is -0.0821. The SMILES string of the molecule is CC(C)(C)c1ccc(N2B3c4cc5c(cc4-n4c6cc7c(cc6c6ccc(c3c64)-c3cc4c(cc32)C(C)(C)CCC4(C)C)C(C)(C)c2ccccc2-7)sc2ccccc25)cc1. The van der Waals surface area contributed by atoms with Gasteiger partial charge in [-0.05, 0) is 133 Å². The van der Waals surface area contributed by atoms with Gasteiger partial charge in [-0.2, -0.15) is 0 Å². The van der Waals surface area contributed by atoms with Crippen LogP contribution in [0.4, 0.5) is 11.4 Å². The van der Waals surface area contributed by atoms with Crippen molar-refractivity contribution in [3.63, 3.8) is 0 Å². The molecule has 4 aliphatic rings. The van der Waals surface area contributed by atoms with Crippen LogP contribution < -0.4 is 15.7 Å². The van der Waals surface area contributed by atoms with Crippen molar-refractivity contribution >= 4 is 82.5 Å². The summed E-state index contributed by atoms with van der Waals surface area (Å²) in [4.78, 5) is 2.75. The fourth-order valence-electron chi connectivity index (χ4n) is 12.3. The van der Waals surface area contributed by atoms with Crippen LogP contribution in [-0.2, 0) is 21.7 Å². The van der Waals surface area contributed by atoms with E-state index < -0.39 is 0 Å². The molecule has 61 heavy (non-hydrogen) atoms. The Bertz CT molecular complexity index is 3440. The Balaban J connectivity index is 1.21. The molecule has 0 fully saturated rings. The Morgan fingerprint density at radius 1 is 0.541 bits per heavy atom. The summed E-state index contributed by atoms with van der Waals surface area (Å²) in [6.07, 6.45) is 2.37. The number of thiophene rings is 1. The van der Waals surface area contributed by atoms with Crippen molar-refractivity contribution in [3.05, 3.63) is 149 Å². The first-order valence-electron chi connectivity index (χ1n) is 22.4. The summed E-state index contributed by atoms with van der Waals surface area (Å²) in [5.74, 6) is 0. The van der Waals surface area contributed by atoms with Crippen molar-refractivity contribution in [3.8, 4) is 27.9 Å². The molecule has 0 spiro atoms. The summed E-state index contributed by atoms with van der Waals surface area (Å²) in [6.45, 7) is 21.7. The molecule has 0 saturated carbocycles. The molecule has 2 aliphatic heterocycles. The monoisotopic (exact) mass is 806 g/mol. The molecule has 7 aromatic carbocycles. The number of hydrogen-bond acceptors (Lipinski definition) is 2. The highest BCUT2D eigenvalue weighted by Crippen LogP contribution is 2.55. The number of aromatic nitrogens is 1. The zero-order chi connectivity index (χ0) is 41.7. The number of benzene rings is 7. The van der Waals surface area contributed by atoms with Gasteiger partial charge in [0.25, 0.3) is 0 Å². The maximum Gasteiger partial charge on any atom is 0.333 e. The molecule has 4 heteroatoms. The topological polar surface area (TPSA) is 8.17 Å². The van der Waals surface area contributed by atoms with Crippen LogP contribution in [0, 0.1) is 0 Å². The van der Waals surface area contributed by atoms with Crippen molar-refractivity contribution in [1.29, 1.82) is 0 Å². The molecular weight excluding hydrogens is 756 g/mol. The van der Waals surface area contributed by atoms with E-state index in [0.29, 0.717) is 0 Å². The summed E-state index contributed by atoms with van der Waals surface area (Å²) < 4.78 is 5.37. The minimum Gasteiger partial charge on any atom is -0.376 e. The van der Waals surface area contributed by atoms with E-state index in [9.17, 15) is 0 Å². The van der Waals surface area contributed by atoms with Crippen molar-refractivity contribution in [1.82, 2.24) is 4.57 Å². The van der Waals surface area contributed by atoms with Gasteiger partial charge in [-0.1, -0.05) is 135 Å². The fourth-order valence-corrected chi connectivity index (χ4v) is 13.4. The van der Waals surface area contributed by atoms with Gasteiger partial charge >= 0.3 is 6.85 Å². The predicted octanol–water partition coefficient (Wildman–Crippen LogP) is 14.3. The Morgan fingerprint density at radius 2 is 1.26 bits per heavy atom. The zero-order valence-electron chi connectivity index (χ0n) is 36.8. The van der Waals surface area contributed by atoms with Gasteiger partial charge in [-0.15, -0.1) is 11.3 Å². The molecule has 0 saturated heterocycles. The van der Waals surface area contributed by atoms with Gasteiger partial charge in [0.05, 0.1) is 11.0 Å². The van der Waals surface area contributed by atoms with Crippen LogP contribution in [0.15, 0.2) is 121 Å². The molecular formula is C57H51BN2S. The van der Waals surface area contributed by atoms with E-state index >= 15 is 0 Å². The molecule has 298 valence electrons. The van der Waals surface area contributed by atoms with E-state index in [4.69, 9.17) is 0 Å². The first-order valence-corrected chi connectivity index (χ1v) is 23.2. The van der Waals surface area contributed by atoms with Crippen molar-refractivity contribution < 1.29 is 0 Å². The lowest BCUT2D eigenvalue weighted by atomic mass is 9.43. The van der Waals surface area contributed by atoms with Crippen LogP contribution in [0.1, 0.15) is 103 Å². The maximum atomic E-state index is 2.75. The highest BCUT2D eigenvalue weighted by atomic mass is 32.1. The quantitative estimate of drug-likeness (QED) is 0.150. The minimum absolute atomic E-state index is 0.0247. The number of hydrogen-bond donors (Lipinski definition) is 0. The van der Waals surface area contributed by atoms with Gasteiger partial charge in [0.1, 0.15) is 0 Å². The number of anilines is 2. The molecule has 0 unspecified atom stereocenters. The summed E-state index contributed by atoms with van der Waals surface area (Å²) in [6, 6.07) is 48.2. The van der Waals surface area contributed by atoms with E-state index in [1.54, 1.807) is 0 Å². The summed E-state index contributed by atoms with van der Waals surface area (Å²) >= 11 is 1.93. The Morgan fingerprint density at radius 3 is 2.03 bits per heavy atom. The maximum absolute atomic E-state index is 2.75. The predicted molar refractivity (Wildman–Crippen MR) is 264 cm³/mol. The van der Waals surface area contributed by atoms with E-state index in [1.807, 2.05) is 11.3 Å². The van der Waals surface area contributed by atoms with Gasteiger partial charge in [0, 0.05) is 59.0 Å². The lowest BCUT2D eigenvalue weighted by molar-refractivity contribution is 0.332. The van der Waals surface area contributed by atoms with Crippen LogP contribution in [0.5, 0.6) is 0 Å². The third kappa shape index (κ3) is 4.59. The Kier molecular flexibility index (Phi) is 6.78. The molecule has 2 nitrogen and oxygen atoms in total. The summed E-state index contributed by atoms with van der Waals surface area (Å²) in [7, 11) is 0. The molecule has 0 radical (unpaired) electrons. The molecule has 0 bridgehead atoms. The highest BCUT2D eigenvalue weighted by Gasteiger charge is 2.47. The molecule has 0 amide bonds. The van der Waals surface area contributed by atoms with Crippen LogP contribution in [0.3, 0.4) is 0 Å². The number of rotatable bonds is 1. The highest BCUT2D eigenvalue weighted by molar-refractivity contribution is 7.25. The number of fused-ring (bicyclic) bond motifs is 15. The van der Waals surface area contributed by atoms with Crippen molar-refractivity contribution in [2.24, 2.45) is 0 Å². The fraction of sp³-hybridized carbons (Fsp3) is 0.263. The lowest BCUT2D eigenvalue weighted by Gasteiger charge is -2.46. The largest absolute Gasteiger partial charge is 0.376 e. The van der Waals surface area contributed by atoms with Crippen LogP contribution in [-0.4, -0.2) is 11.4 Å². The van der Waals surface area contributed by atoms with Crippen LogP contribution in [0.25, 0.3) is 69.9 Å². The van der Waals surface area contributed by atoms with Crippen LogP contribution >= 0.6 is 11.3 Å². The van der Waals surface area contributed by atoms with E-state index in [0.717, 1.165) is 0 Å². The molecule has 13 rings (SSSR count). The Hall–Kier alpha value is -5.58. The van der Waals surface area contributed by atoms with Gasteiger partial charge in [-0.25, -0.2) is 0 Å². The van der Waals surface area contributed by atoms with Crippen molar-refractivity contribution in [2.75, 3.05) is 4.81 Å². The normalized spacial score (nSPS) is 17.5. The van der Waals surface area contributed by atoms with E-state index in [1.165, 1.54) is 133 Å². The first kappa shape index (κ1) is 36.1. The van der Waals surface area contributed by atoms with Crippen molar-refractivity contribution in [2.45, 2.75) is 96.8 Å². The first-order chi connectivity index (χ1) is 29.1. The average Bonchev–Trinajstić information content (AvgIpc) is 3.85. The summed E-state index contributed by atoms with van der Waals surface area (Å²) in [5.41, 5.74) is 22.2. The number of nitrogens with zero attached hydrogens (tertiary/aromatic N) is 2. The summed E-state index contributed by atoms with van der Waals surface area (Å²) in [5, 5.41) is 5.40. The Labute approximate surface area is 364 Å². The third-order valence-corrected chi connectivity index (χ3v) is 16.9. The second kappa shape index (κ2) is 11.5. The third-order valence-electron chi connectivity index (χ3n) is 15.8. The van der Waals surface area contributed by atoms with E-state index in [2.05, 4.69) is 193 Å².